The van der Waals surface area contributed by atoms with Crippen molar-refractivity contribution in [2.24, 2.45) is 0 Å². The minimum Gasteiger partial charge on any atom is -0.481 e. The van der Waals surface area contributed by atoms with Crippen LogP contribution in [-0.4, -0.2) is 22.5 Å². The number of anilines is 1. The molecule has 2 rings (SSSR count). The van der Waals surface area contributed by atoms with E-state index in [4.69, 9.17) is 27.2 Å². The Morgan fingerprint density at radius 2 is 1.89 bits per heavy atom. The molecule has 0 atom stereocenters. The Labute approximate surface area is 161 Å². The van der Waals surface area contributed by atoms with Crippen LogP contribution in [-0.2, 0) is 11.2 Å². The summed E-state index contributed by atoms with van der Waals surface area (Å²) in [6.07, 6.45) is -0.494. The molecule has 0 fully saturated rings. The second kappa shape index (κ2) is 7.84. The van der Waals surface area contributed by atoms with Gasteiger partial charge in [-0.05, 0) is 45.0 Å². The summed E-state index contributed by atoms with van der Waals surface area (Å²) in [6, 6.07) is 6.64. The van der Waals surface area contributed by atoms with Gasteiger partial charge in [-0.1, -0.05) is 11.6 Å². The van der Waals surface area contributed by atoms with Crippen molar-refractivity contribution >= 4 is 29.2 Å². The van der Waals surface area contributed by atoms with Crippen molar-refractivity contribution in [2.45, 2.75) is 32.7 Å². The van der Waals surface area contributed by atoms with Gasteiger partial charge in [0.1, 0.15) is 17.3 Å². The number of rotatable bonds is 5. The maximum atomic E-state index is 14.0. The Balaban J connectivity index is 2.24. The summed E-state index contributed by atoms with van der Waals surface area (Å²) < 4.78 is 19.6. The SMILES string of the molecule is CC(C)(C)NC(=O)c1ccc(Oc2cc(F)c(CC(=O)O)cc2Cl)c(N)c1. The third-order valence-electron chi connectivity index (χ3n) is 3.42. The van der Waals surface area contributed by atoms with Gasteiger partial charge in [0.05, 0.1) is 17.1 Å². The molecule has 144 valence electrons. The number of nitrogens with one attached hydrogen (secondary N) is 1. The highest BCUT2D eigenvalue weighted by molar-refractivity contribution is 6.32. The first-order valence-electron chi connectivity index (χ1n) is 8.06. The maximum absolute atomic E-state index is 14.0. The highest BCUT2D eigenvalue weighted by Gasteiger charge is 2.17. The number of aliphatic carboxylic acids is 1. The Morgan fingerprint density at radius 3 is 2.44 bits per heavy atom. The van der Waals surface area contributed by atoms with E-state index in [-0.39, 0.29) is 33.7 Å². The molecule has 0 aliphatic carbocycles. The van der Waals surface area contributed by atoms with Crippen LogP contribution in [0.4, 0.5) is 10.1 Å². The first-order chi connectivity index (χ1) is 12.5. The van der Waals surface area contributed by atoms with Gasteiger partial charge in [-0.25, -0.2) is 4.39 Å². The number of nitrogens with two attached hydrogens (primary N) is 1. The van der Waals surface area contributed by atoms with Gasteiger partial charge < -0.3 is 20.9 Å². The number of nitrogen functional groups attached to an aromatic ring is 1. The van der Waals surface area contributed by atoms with E-state index in [1.165, 1.54) is 24.3 Å². The maximum Gasteiger partial charge on any atom is 0.307 e. The van der Waals surface area contributed by atoms with Crippen LogP contribution >= 0.6 is 11.6 Å². The minimum atomic E-state index is -1.17. The zero-order valence-corrected chi connectivity index (χ0v) is 15.9. The lowest BCUT2D eigenvalue weighted by atomic mass is 10.1. The van der Waals surface area contributed by atoms with Crippen LogP contribution < -0.4 is 15.8 Å². The molecule has 27 heavy (non-hydrogen) atoms. The van der Waals surface area contributed by atoms with Crippen molar-refractivity contribution in [3.63, 3.8) is 0 Å². The largest absolute Gasteiger partial charge is 0.481 e. The number of hydrogen-bond donors (Lipinski definition) is 3. The Bertz CT molecular complexity index is 894. The monoisotopic (exact) mass is 394 g/mol. The molecule has 2 aromatic carbocycles. The fourth-order valence-electron chi connectivity index (χ4n) is 2.26. The van der Waals surface area contributed by atoms with E-state index in [0.717, 1.165) is 6.07 Å². The van der Waals surface area contributed by atoms with Crippen LogP contribution in [0.3, 0.4) is 0 Å². The fourth-order valence-corrected chi connectivity index (χ4v) is 2.49. The van der Waals surface area contributed by atoms with Crippen LogP contribution in [0.25, 0.3) is 0 Å². The number of hydrogen-bond acceptors (Lipinski definition) is 4. The van der Waals surface area contributed by atoms with Crippen molar-refractivity contribution in [2.75, 3.05) is 5.73 Å². The second-order valence-electron chi connectivity index (χ2n) is 7.00. The van der Waals surface area contributed by atoms with Crippen LogP contribution in [0.5, 0.6) is 11.5 Å². The third kappa shape index (κ3) is 5.59. The molecule has 0 heterocycles. The van der Waals surface area contributed by atoms with Gasteiger partial charge in [0, 0.05) is 22.7 Å². The number of benzene rings is 2. The quantitative estimate of drug-likeness (QED) is 0.665. The lowest BCUT2D eigenvalue weighted by molar-refractivity contribution is -0.136. The van der Waals surface area contributed by atoms with Crippen LogP contribution in [0, 0.1) is 5.82 Å². The van der Waals surface area contributed by atoms with E-state index in [1.807, 2.05) is 20.8 Å². The molecule has 8 heteroatoms. The highest BCUT2D eigenvalue weighted by atomic mass is 35.5. The summed E-state index contributed by atoms with van der Waals surface area (Å²) in [5.41, 5.74) is 6.00. The average Bonchev–Trinajstić information content (AvgIpc) is 2.51. The summed E-state index contributed by atoms with van der Waals surface area (Å²) in [5, 5.41) is 11.6. The number of carbonyl (C=O) groups is 2. The van der Waals surface area contributed by atoms with Gasteiger partial charge in [-0.15, -0.1) is 0 Å². The summed E-state index contributed by atoms with van der Waals surface area (Å²) in [6.45, 7) is 5.57. The molecule has 0 radical (unpaired) electrons. The van der Waals surface area contributed by atoms with Gasteiger partial charge in [-0.2, -0.15) is 0 Å². The van der Waals surface area contributed by atoms with E-state index in [1.54, 1.807) is 0 Å². The van der Waals surface area contributed by atoms with Gasteiger partial charge in [-0.3, -0.25) is 9.59 Å². The lowest BCUT2D eigenvalue weighted by Crippen LogP contribution is -2.40. The predicted octanol–water partition coefficient (Wildman–Crippen LogP) is 4.01. The standard InChI is InChI=1S/C19H20ClFN2O4/c1-19(2,3)23-18(26)10-4-5-15(14(22)7-10)27-16-9-13(21)11(6-12(16)20)8-17(24)25/h4-7,9H,8,22H2,1-3H3,(H,23,26)(H,24,25). The first kappa shape index (κ1) is 20.5. The minimum absolute atomic E-state index is 0.0121. The van der Waals surface area contributed by atoms with E-state index in [0.29, 0.717) is 5.56 Å². The number of amides is 1. The molecule has 6 nitrogen and oxygen atoms in total. The van der Waals surface area contributed by atoms with Gasteiger partial charge in [0.15, 0.2) is 0 Å². The Kier molecular flexibility index (Phi) is 5.95. The zero-order valence-electron chi connectivity index (χ0n) is 15.1. The summed E-state index contributed by atoms with van der Waals surface area (Å²) >= 11 is 6.05. The molecule has 1 amide bonds. The molecule has 4 N–H and O–H groups in total. The summed E-state index contributed by atoms with van der Waals surface area (Å²) in [7, 11) is 0. The molecular formula is C19H20ClFN2O4. The third-order valence-corrected chi connectivity index (χ3v) is 3.72. The normalized spacial score (nSPS) is 11.1. The smallest absolute Gasteiger partial charge is 0.307 e. The van der Waals surface area contributed by atoms with Crippen molar-refractivity contribution in [1.29, 1.82) is 0 Å². The summed E-state index contributed by atoms with van der Waals surface area (Å²) in [5.74, 6) is -2.04. The Morgan fingerprint density at radius 1 is 1.22 bits per heavy atom. The summed E-state index contributed by atoms with van der Waals surface area (Å²) in [4.78, 5) is 22.9. The van der Waals surface area contributed by atoms with Gasteiger partial charge in [0.2, 0.25) is 0 Å². The van der Waals surface area contributed by atoms with E-state index in [9.17, 15) is 14.0 Å². The molecule has 0 aliphatic rings. The van der Waals surface area contributed by atoms with Crippen LogP contribution in [0.15, 0.2) is 30.3 Å². The molecular weight excluding hydrogens is 375 g/mol. The van der Waals surface area contributed by atoms with Crippen molar-refractivity contribution in [3.8, 4) is 11.5 Å². The van der Waals surface area contributed by atoms with Crippen molar-refractivity contribution in [1.82, 2.24) is 5.32 Å². The number of halogens is 2. The van der Waals surface area contributed by atoms with E-state index in [2.05, 4.69) is 5.32 Å². The van der Waals surface area contributed by atoms with Crippen LogP contribution in [0.2, 0.25) is 5.02 Å². The molecule has 0 aromatic heterocycles. The number of carboxylic acids is 1. The number of carboxylic acid groups (broad SMARTS) is 1. The second-order valence-corrected chi connectivity index (χ2v) is 7.41. The molecule has 0 saturated carbocycles. The van der Waals surface area contributed by atoms with Crippen molar-refractivity contribution in [3.05, 3.63) is 52.3 Å². The Hall–Kier alpha value is -2.80. The highest BCUT2D eigenvalue weighted by Crippen LogP contribution is 2.34. The molecule has 0 spiro atoms. The number of ether oxygens (including phenoxy) is 1. The first-order valence-corrected chi connectivity index (χ1v) is 8.43. The van der Waals surface area contributed by atoms with Gasteiger partial charge in [0.25, 0.3) is 5.91 Å². The predicted molar refractivity (Wildman–Crippen MR) is 101 cm³/mol. The molecule has 0 aliphatic heterocycles. The van der Waals surface area contributed by atoms with Crippen molar-refractivity contribution < 1.29 is 23.8 Å². The number of carbonyl (C=O) groups excluding carboxylic acids is 1. The van der Waals surface area contributed by atoms with Crippen LogP contribution in [0.1, 0.15) is 36.7 Å². The van der Waals surface area contributed by atoms with Gasteiger partial charge >= 0.3 is 5.97 Å². The molecule has 2 aromatic rings. The molecule has 0 saturated heterocycles. The zero-order chi connectivity index (χ0) is 20.4. The van der Waals surface area contributed by atoms with E-state index >= 15 is 0 Å². The topological polar surface area (TPSA) is 102 Å². The fraction of sp³-hybridized carbons (Fsp3) is 0.263. The molecule has 0 unspecified atom stereocenters. The molecule has 0 bridgehead atoms. The lowest BCUT2D eigenvalue weighted by Gasteiger charge is -2.20. The van der Waals surface area contributed by atoms with E-state index < -0.39 is 23.7 Å². The average molecular weight is 395 g/mol.